The molecule has 1 amide bonds. The molecule has 162 valence electrons. The Balaban J connectivity index is 1.55. The lowest BCUT2D eigenvalue weighted by atomic mass is 9.75. The highest BCUT2D eigenvalue weighted by Gasteiger charge is 2.43. The molecule has 4 rings (SSSR count). The maximum atomic E-state index is 13.2. The number of nitrogens with one attached hydrogen (secondary N) is 1. The minimum absolute atomic E-state index is 0.0997. The van der Waals surface area contributed by atoms with E-state index in [9.17, 15) is 4.79 Å². The molecule has 31 heavy (non-hydrogen) atoms. The van der Waals surface area contributed by atoms with Crippen LogP contribution in [0.5, 0.6) is 0 Å². The molecule has 1 aromatic carbocycles. The van der Waals surface area contributed by atoms with Gasteiger partial charge in [0.1, 0.15) is 11.5 Å². The second-order valence-corrected chi connectivity index (χ2v) is 8.53. The molecule has 0 bridgehead atoms. The third-order valence-electron chi connectivity index (χ3n) is 6.05. The van der Waals surface area contributed by atoms with Gasteiger partial charge in [0.25, 0.3) is 0 Å². The summed E-state index contributed by atoms with van der Waals surface area (Å²) in [4.78, 5) is 19.7. The molecular weight excluding hydrogens is 388 g/mol. The van der Waals surface area contributed by atoms with Crippen molar-refractivity contribution in [1.82, 2.24) is 20.4 Å². The Labute approximate surface area is 183 Å². The van der Waals surface area contributed by atoms with Crippen LogP contribution in [0.15, 0.2) is 59.4 Å². The van der Waals surface area contributed by atoms with Gasteiger partial charge in [-0.25, -0.2) is 0 Å². The summed E-state index contributed by atoms with van der Waals surface area (Å²) in [5, 5.41) is 7.35. The average Bonchev–Trinajstić information content (AvgIpc) is 3.23. The zero-order valence-electron chi connectivity index (χ0n) is 18.3. The fourth-order valence-corrected chi connectivity index (χ4v) is 4.46. The molecule has 1 fully saturated rings. The summed E-state index contributed by atoms with van der Waals surface area (Å²) >= 11 is 0. The molecule has 1 N–H and O–H groups in total. The second kappa shape index (κ2) is 9.43. The summed E-state index contributed by atoms with van der Waals surface area (Å²) < 4.78 is 5.70. The molecule has 0 radical (unpaired) electrons. The second-order valence-electron chi connectivity index (χ2n) is 8.53. The standard InChI is InChI=1S/C25H30N4O2/c1-3-27-24(30)25(11-4-14-29(18-25)17-20-9-12-26-13-10-20)16-22-15-23(28-31-22)21-7-5-19(2)6-8-21/h5-10,12-13,15H,3-4,11,14,16-18H2,1-2H3,(H,27,30). The molecule has 0 aliphatic carbocycles. The van der Waals surface area contributed by atoms with Crippen LogP contribution in [0, 0.1) is 12.3 Å². The largest absolute Gasteiger partial charge is 0.361 e. The Morgan fingerprint density at radius 1 is 1.19 bits per heavy atom. The first-order chi connectivity index (χ1) is 15.1. The molecule has 6 nitrogen and oxygen atoms in total. The molecular formula is C25H30N4O2. The number of rotatable bonds is 7. The molecule has 1 aliphatic heterocycles. The molecule has 0 spiro atoms. The maximum Gasteiger partial charge on any atom is 0.227 e. The molecule has 1 saturated heterocycles. The van der Waals surface area contributed by atoms with Crippen molar-refractivity contribution in [3.8, 4) is 11.3 Å². The van der Waals surface area contributed by atoms with Crippen molar-refractivity contribution < 1.29 is 9.32 Å². The minimum Gasteiger partial charge on any atom is -0.361 e. The van der Waals surface area contributed by atoms with Gasteiger partial charge in [0, 0.05) is 50.1 Å². The van der Waals surface area contributed by atoms with Crippen LogP contribution in [0.4, 0.5) is 0 Å². The Bertz CT molecular complexity index is 1000. The topological polar surface area (TPSA) is 71.3 Å². The van der Waals surface area contributed by atoms with Gasteiger partial charge in [-0.15, -0.1) is 0 Å². The molecule has 3 heterocycles. The van der Waals surface area contributed by atoms with Crippen molar-refractivity contribution in [3.63, 3.8) is 0 Å². The first-order valence-electron chi connectivity index (χ1n) is 11.0. The summed E-state index contributed by atoms with van der Waals surface area (Å²) in [5.74, 6) is 0.857. The SMILES string of the molecule is CCNC(=O)C1(Cc2cc(-c3ccc(C)cc3)no2)CCCN(Cc2ccncc2)C1. The van der Waals surface area contributed by atoms with E-state index in [-0.39, 0.29) is 5.91 Å². The van der Waals surface area contributed by atoms with E-state index in [1.807, 2.05) is 49.6 Å². The van der Waals surface area contributed by atoms with Crippen molar-refractivity contribution in [2.45, 2.75) is 39.7 Å². The highest BCUT2D eigenvalue weighted by Crippen LogP contribution is 2.36. The van der Waals surface area contributed by atoms with E-state index in [2.05, 4.69) is 39.4 Å². The molecule has 1 aliphatic rings. The molecule has 2 aromatic heterocycles. The number of amides is 1. The van der Waals surface area contributed by atoms with Gasteiger partial charge >= 0.3 is 0 Å². The monoisotopic (exact) mass is 418 g/mol. The smallest absolute Gasteiger partial charge is 0.227 e. The Morgan fingerprint density at radius 2 is 1.97 bits per heavy atom. The van der Waals surface area contributed by atoms with Crippen molar-refractivity contribution >= 4 is 5.91 Å². The predicted octanol–water partition coefficient (Wildman–Crippen LogP) is 4.01. The van der Waals surface area contributed by atoms with E-state index in [1.165, 1.54) is 11.1 Å². The van der Waals surface area contributed by atoms with Crippen LogP contribution in [0.25, 0.3) is 11.3 Å². The van der Waals surface area contributed by atoms with E-state index in [0.717, 1.165) is 42.9 Å². The normalized spacial score (nSPS) is 19.3. The summed E-state index contributed by atoms with van der Waals surface area (Å²) in [6.07, 6.45) is 5.99. The third kappa shape index (κ3) is 5.02. The van der Waals surface area contributed by atoms with E-state index in [0.29, 0.717) is 19.5 Å². The van der Waals surface area contributed by atoms with Crippen LogP contribution >= 0.6 is 0 Å². The number of likely N-dealkylation sites (tertiary alicyclic amines) is 1. The van der Waals surface area contributed by atoms with Crippen LogP contribution in [0.2, 0.25) is 0 Å². The summed E-state index contributed by atoms with van der Waals surface area (Å²) in [5.41, 5.74) is 3.73. The average molecular weight is 419 g/mol. The highest BCUT2D eigenvalue weighted by molar-refractivity contribution is 5.83. The zero-order valence-corrected chi connectivity index (χ0v) is 18.3. The number of aryl methyl sites for hydroxylation is 1. The number of hydrogen-bond acceptors (Lipinski definition) is 5. The number of nitrogens with zero attached hydrogens (tertiary/aromatic N) is 3. The molecule has 3 aromatic rings. The van der Waals surface area contributed by atoms with E-state index >= 15 is 0 Å². The number of aromatic nitrogens is 2. The van der Waals surface area contributed by atoms with Gasteiger partial charge in [0.05, 0.1) is 5.41 Å². The van der Waals surface area contributed by atoms with Crippen molar-refractivity contribution in [2.75, 3.05) is 19.6 Å². The third-order valence-corrected chi connectivity index (χ3v) is 6.05. The lowest BCUT2D eigenvalue weighted by Crippen LogP contribution is -2.52. The summed E-state index contributed by atoms with van der Waals surface area (Å²) in [6.45, 7) is 7.14. The van der Waals surface area contributed by atoms with Crippen LogP contribution in [-0.2, 0) is 17.8 Å². The summed E-state index contributed by atoms with van der Waals surface area (Å²) in [7, 11) is 0. The Kier molecular flexibility index (Phi) is 6.47. The van der Waals surface area contributed by atoms with Crippen LogP contribution in [-0.4, -0.2) is 40.6 Å². The number of carbonyl (C=O) groups excluding carboxylic acids is 1. The molecule has 1 atom stereocenters. The first-order valence-corrected chi connectivity index (χ1v) is 11.0. The number of piperidine rings is 1. The quantitative estimate of drug-likeness (QED) is 0.628. The van der Waals surface area contributed by atoms with Crippen LogP contribution in [0.3, 0.4) is 0 Å². The first kappa shape index (κ1) is 21.2. The number of carbonyl (C=O) groups is 1. The Hall–Kier alpha value is -2.99. The lowest BCUT2D eigenvalue weighted by Gasteiger charge is -2.41. The van der Waals surface area contributed by atoms with Crippen molar-refractivity contribution in [3.05, 3.63) is 71.7 Å². The lowest BCUT2D eigenvalue weighted by molar-refractivity contribution is -0.134. The van der Waals surface area contributed by atoms with Gasteiger partial charge in [-0.05, 0) is 50.9 Å². The minimum atomic E-state index is -0.522. The summed E-state index contributed by atoms with van der Waals surface area (Å²) in [6, 6.07) is 14.3. The van der Waals surface area contributed by atoms with Crippen molar-refractivity contribution in [2.24, 2.45) is 5.41 Å². The van der Waals surface area contributed by atoms with Crippen LogP contribution < -0.4 is 5.32 Å². The number of pyridine rings is 1. The van der Waals surface area contributed by atoms with Gasteiger partial charge in [0.15, 0.2) is 0 Å². The van der Waals surface area contributed by atoms with Crippen molar-refractivity contribution in [1.29, 1.82) is 0 Å². The van der Waals surface area contributed by atoms with Gasteiger partial charge in [-0.2, -0.15) is 0 Å². The fourth-order valence-electron chi connectivity index (χ4n) is 4.46. The van der Waals surface area contributed by atoms with Crippen LogP contribution in [0.1, 0.15) is 36.7 Å². The number of hydrogen-bond donors (Lipinski definition) is 1. The zero-order chi connectivity index (χ0) is 21.7. The van der Waals surface area contributed by atoms with Gasteiger partial charge in [-0.3, -0.25) is 14.7 Å². The predicted molar refractivity (Wildman–Crippen MR) is 120 cm³/mol. The van der Waals surface area contributed by atoms with Gasteiger partial charge in [0.2, 0.25) is 5.91 Å². The Morgan fingerprint density at radius 3 is 2.71 bits per heavy atom. The van der Waals surface area contributed by atoms with E-state index in [1.54, 1.807) is 0 Å². The molecule has 6 heteroatoms. The maximum absolute atomic E-state index is 13.2. The molecule has 0 saturated carbocycles. The fraction of sp³-hybridized carbons (Fsp3) is 0.400. The highest BCUT2D eigenvalue weighted by atomic mass is 16.5. The number of benzene rings is 1. The van der Waals surface area contributed by atoms with E-state index in [4.69, 9.17) is 4.52 Å². The van der Waals surface area contributed by atoms with Gasteiger partial charge in [-0.1, -0.05) is 35.0 Å². The van der Waals surface area contributed by atoms with Gasteiger partial charge < -0.3 is 9.84 Å². The molecule has 1 unspecified atom stereocenters. The van der Waals surface area contributed by atoms with E-state index < -0.39 is 5.41 Å².